The molecule has 0 amide bonds. The van der Waals surface area contributed by atoms with Crippen LogP contribution in [-0.4, -0.2) is 59.4 Å². The summed E-state index contributed by atoms with van der Waals surface area (Å²) in [5, 5.41) is 0. The summed E-state index contributed by atoms with van der Waals surface area (Å²) >= 11 is 0. The number of likely N-dealkylation sites (tertiary alicyclic amines) is 2. The van der Waals surface area contributed by atoms with E-state index in [2.05, 4.69) is 0 Å². The highest BCUT2D eigenvalue weighted by Gasteiger charge is 2.65. The Kier molecular flexibility index (Phi) is 2.78. The van der Waals surface area contributed by atoms with Crippen molar-refractivity contribution in [2.24, 2.45) is 0 Å². The van der Waals surface area contributed by atoms with Crippen LogP contribution in [0.1, 0.15) is 27.7 Å². The highest BCUT2D eigenvalue weighted by atomic mass is 19.2. The summed E-state index contributed by atoms with van der Waals surface area (Å²) in [5.41, 5.74) is -3.33. The number of nitrogens with zero attached hydrogens (tertiary/aromatic N) is 2. The van der Waals surface area contributed by atoms with Crippen LogP contribution >= 0.6 is 0 Å². The summed E-state index contributed by atoms with van der Waals surface area (Å²) in [5.74, 6) is 0. The van der Waals surface area contributed by atoms with Gasteiger partial charge in [-0.1, -0.05) is 0 Å². The second-order valence-electron chi connectivity index (χ2n) is 5.93. The Morgan fingerprint density at radius 2 is 1.00 bits per heavy atom. The van der Waals surface area contributed by atoms with Gasteiger partial charge in [-0.3, -0.25) is 9.80 Å². The van der Waals surface area contributed by atoms with Crippen molar-refractivity contribution in [3.63, 3.8) is 0 Å². The molecule has 2 rings (SSSR count). The molecule has 2 aliphatic rings. The van der Waals surface area contributed by atoms with Gasteiger partial charge in [0.15, 0.2) is 11.3 Å². The Bertz CT molecular complexity index is 238. The predicted molar refractivity (Wildman–Crippen MR) is 61.1 cm³/mol. The summed E-state index contributed by atoms with van der Waals surface area (Å²) in [7, 11) is 0. The Morgan fingerprint density at radius 1 is 0.750 bits per heavy atom. The molecule has 0 atom stereocenters. The van der Waals surface area contributed by atoms with E-state index in [0.717, 1.165) is 0 Å². The number of alkyl halides is 2. The SMILES string of the molecule is CC(C)N1CC2(F)CN(C(C)C)CC2(F)C1. The minimum Gasteiger partial charge on any atom is -0.294 e. The molecule has 94 valence electrons. The third-order valence-corrected chi connectivity index (χ3v) is 4.08. The van der Waals surface area contributed by atoms with Crippen molar-refractivity contribution in [1.29, 1.82) is 0 Å². The average Bonchev–Trinajstić information content (AvgIpc) is 2.50. The number of fused-ring (bicyclic) bond motifs is 1. The topological polar surface area (TPSA) is 6.48 Å². The number of rotatable bonds is 2. The molecule has 2 saturated heterocycles. The first-order valence-corrected chi connectivity index (χ1v) is 6.13. The standard InChI is InChI=1S/C12H22F2N2/c1-9(2)15-5-11(13)7-16(10(3)4)8-12(11,14)6-15/h9-10H,5-8H2,1-4H3. The van der Waals surface area contributed by atoms with Crippen molar-refractivity contribution in [2.75, 3.05) is 26.2 Å². The van der Waals surface area contributed by atoms with Gasteiger partial charge in [-0.05, 0) is 27.7 Å². The molecule has 0 aromatic rings. The molecule has 0 radical (unpaired) electrons. The third-order valence-electron chi connectivity index (χ3n) is 4.08. The molecule has 0 bridgehead atoms. The van der Waals surface area contributed by atoms with Crippen molar-refractivity contribution >= 4 is 0 Å². The largest absolute Gasteiger partial charge is 0.294 e. The molecule has 0 N–H and O–H groups in total. The Morgan fingerprint density at radius 3 is 1.19 bits per heavy atom. The third kappa shape index (κ3) is 1.66. The molecule has 0 aromatic carbocycles. The Hall–Kier alpha value is -0.220. The number of halogens is 2. The van der Waals surface area contributed by atoms with Gasteiger partial charge in [0.05, 0.1) is 0 Å². The van der Waals surface area contributed by atoms with Crippen LogP contribution in [0.5, 0.6) is 0 Å². The van der Waals surface area contributed by atoms with Crippen molar-refractivity contribution in [1.82, 2.24) is 9.80 Å². The van der Waals surface area contributed by atoms with Crippen LogP contribution in [0.25, 0.3) is 0 Å². The van der Waals surface area contributed by atoms with Gasteiger partial charge in [0.25, 0.3) is 0 Å². The highest BCUT2D eigenvalue weighted by molar-refractivity contribution is 5.17. The highest BCUT2D eigenvalue weighted by Crippen LogP contribution is 2.45. The zero-order chi connectivity index (χ0) is 12.1. The van der Waals surface area contributed by atoms with E-state index in [1.807, 2.05) is 37.5 Å². The summed E-state index contributed by atoms with van der Waals surface area (Å²) < 4.78 is 29.3. The molecule has 2 fully saturated rings. The molecule has 2 heterocycles. The fourth-order valence-corrected chi connectivity index (χ4v) is 2.80. The summed E-state index contributed by atoms with van der Waals surface area (Å²) in [6.45, 7) is 8.94. The minimum absolute atomic E-state index is 0.221. The van der Waals surface area contributed by atoms with E-state index in [4.69, 9.17) is 0 Å². The fourth-order valence-electron chi connectivity index (χ4n) is 2.80. The lowest BCUT2D eigenvalue weighted by Gasteiger charge is -2.26. The van der Waals surface area contributed by atoms with Gasteiger partial charge < -0.3 is 0 Å². The fraction of sp³-hybridized carbons (Fsp3) is 1.00. The van der Waals surface area contributed by atoms with Gasteiger partial charge in [-0.15, -0.1) is 0 Å². The lowest BCUT2D eigenvalue weighted by atomic mass is 9.94. The van der Waals surface area contributed by atoms with Crippen molar-refractivity contribution in [2.45, 2.75) is 51.1 Å². The molecular weight excluding hydrogens is 210 g/mol. The maximum Gasteiger partial charge on any atom is 0.172 e. The monoisotopic (exact) mass is 232 g/mol. The minimum atomic E-state index is -1.67. The first-order chi connectivity index (χ1) is 7.27. The quantitative estimate of drug-likeness (QED) is 0.717. The van der Waals surface area contributed by atoms with E-state index in [9.17, 15) is 8.78 Å². The average molecular weight is 232 g/mol. The molecule has 0 saturated carbocycles. The van der Waals surface area contributed by atoms with Crippen LogP contribution in [0.15, 0.2) is 0 Å². The van der Waals surface area contributed by atoms with Crippen molar-refractivity contribution in [3.8, 4) is 0 Å². The second kappa shape index (κ2) is 3.64. The molecule has 2 nitrogen and oxygen atoms in total. The maximum absolute atomic E-state index is 14.6. The zero-order valence-corrected chi connectivity index (χ0v) is 10.6. The van der Waals surface area contributed by atoms with E-state index in [1.165, 1.54) is 0 Å². The zero-order valence-electron chi connectivity index (χ0n) is 10.6. The first-order valence-electron chi connectivity index (χ1n) is 6.13. The van der Waals surface area contributed by atoms with Gasteiger partial charge in [-0.25, -0.2) is 8.78 Å². The van der Waals surface area contributed by atoms with Crippen molar-refractivity contribution < 1.29 is 8.78 Å². The van der Waals surface area contributed by atoms with E-state index in [-0.39, 0.29) is 38.3 Å². The number of hydrogen-bond acceptors (Lipinski definition) is 2. The normalized spacial score (nSPS) is 41.2. The maximum atomic E-state index is 14.6. The van der Waals surface area contributed by atoms with Crippen molar-refractivity contribution in [3.05, 3.63) is 0 Å². The Balaban J connectivity index is 2.15. The second-order valence-corrected chi connectivity index (χ2v) is 5.93. The number of hydrogen-bond donors (Lipinski definition) is 0. The van der Waals surface area contributed by atoms with E-state index in [0.29, 0.717) is 0 Å². The summed E-state index contributed by atoms with van der Waals surface area (Å²) in [6.07, 6.45) is 0. The first kappa shape index (κ1) is 12.2. The summed E-state index contributed by atoms with van der Waals surface area (Å²) in [4.78, 5) is 3.83. The molecule has 4 heteroatoms. The van der Waals surface area contributed by atoms with Crippen LogP contribution in [-0.2, 0) is 0 Å². The predicted octanol–water partition coefficient (Wildman–Crippen LogP) is 1.85. The molecular formula is C12H22F2N2. The van der Waals surface area contributed by atoms with Crippen LogP contribution in [0.3, 0.4) is 0 Å². The van der Waals surface area contributed by atoms with Crippen LogP contribution in [0.2, 0.25) is 0 Å². The smallest absolute Gasteiger partial charge is 0.172 e. The van der Waals surface area contributed by atoms with Gasteiger partial charge in [0, 0.05) is 38.3 Å². The molecule has 0 aliphatic carbocycles. The molecule has 16 heavy (non-hydrogen) atoms. The Labute approximate surface area is 96.6 Å². The molecule has 2 aliphatic heterocycles. The van der Waals surface area contributed by atoms with E-state index in [1.54, 1.807) is 0 Å². The van der Waals surface area contributed by atoms with Crippen LogP contribution in [0, 0.1) is 0 Å². The molecule has 0 spiro atoms. The van der Waals surface area contributed by atoms with E-state index >= 15 is 0 Å². The molecule has 0 unspecified atom stereocenters. The van der Waals surface area contributed by atoms with Crippen LogP contribution in [0.4, 0.5) is 8.78 Å². The lowest BCUT2D eigenvalue weighted by molar-refractivity contribution is 0.0491. The van der Waals surface area contributed by atoms with E-state index < -0.39 is 11.3 Å². The van der Waals surface area contributed by atoms with Gasteiger partial charge in [0.2, 0.25) is 0 Å². The van der Waals surface area contributed by atoms with Gasteiger partial charge >= 0.3 is 0 Å². The van der Waals surface area contributed by atoms with Gasteiger partial charge in [-0.2, -0.15) is 0 Å². The van der Waals surface area contributed by atoms with Crippen LogP contribution < -0.4 is 0 Å². The van der Waals surface area contributed by atoms with Gasteiger partial charge in [0.1, 0.15) is 0 Å². The lowest BCUT2D eigenvalue weighted by Crippen LogP contribution is -2.44. The summed E-state index contributed by atoms with van der Waals surface area (Å²) in [6, 6.07) is 0.441. The molecule has 0 aromatic heterocycles.